The van der Waals surface area contributed by atoms with Crippen LogP contribution in [0.25, 0.3) is 11.0 Å². The molecule has 1 saturated heterocycles. The molecular formula is C20H20FN5O2. The number of anilines is 1. The monoisotopic (exact) mass is 381 g/mol. The van der Waals surface area contributed by atoms with Gasteiger partial charge >= 0.3 is 0 Å². The fourth-order valence-corrected chi connectivity index (χ4v) is 3.24. The number of nitrogens with one attached hydrogen (secondary N) is 1. The van der Waals surface area contributed by atoms with Crippen molar-refractivity contribution < 1.29 is 13.9 Å². The van der Waals surface area contributed by atoms with Crippen molar-refractivity contribution in [2.45, 2.75) is 18.9 Å². The van der Waals surface area contributed by atoms with E-state index in [1.165, 1.54) is 18.5 Å². The highest BCUT2D eigenvalue weighted by molar-refractivity contribution is 6.11. The highest BCUT2D eigenvalue weighted by Crippen LogP contribution is 2.22. The van der Waals surface area contributed by atoms with E-state index in [9.17, 15) is 9.18 Å². The molecule has 1 aromatic carbocycles. The van der Waals surface area contributed by atoms with E-state index in [0.29, 0.717) is 22.6 Å². The van der Waals surface area contributed by atoms with Crippen LogP contribution in [0.4, 0.5) is 10.1 Å². The molecule has 7 nitrogen and oxygen atoms in total. The van der Waals surface area contributed by atoms with Crippen molar-refractivity contribution >= 4 is 22.6 Å². The molecule has 0 aliphatic carbocycles. The molecule has 4 rings (SSSR count). The average Bonchev–Trinajstić information content (AvgIpc) is 2.69. The molecule has 3 heterocycles. The third-order valence-electron chi connectivity index (χ3n) is 4.73. The van der Waals surface area contributed by atoms with Gasteiger partial charge in [-0.15, -0.1) is 0 Å². The highest BCUT2D eigenvalue weighted by atomic mass is 19.1. The maximum Gasteiger partial charge on any atom is 0.258 e. The molecule has 0 radical (unpaired) electrons. The smallest absolute Gasteiger partial charge is 0.258 e. The van der Waals surface area contributed by atoms with Crippen molar-refractivity contribution in [3.8, 4) is 5.88 Å². The van der Waals surface area contributed by atoms with Crippen LogP contribution >= 0.6 is 0 Å². The Bertz CT molecular complexity index is 1000. The fraction of sp³-hybridized carbons (Fsp3) is 0.300. The second-order valence-electron chi connectivity index (χ2n) is 6.83. The Labute approximate surface area is 161 Å². The first-order valence-corrected chi connectivity index (χ1v) is 9.11. The molecule has 0 saturated carbocycles. The van der Waals surface area contributed by atoms with Crippen LogP contribution in [-0.2, 0) is 0 Å². The maximum atomic E-state index is 13.9. The summed E-state index contributed by atoms with van der Waals surface area (Å²) < 4.78 is 19.8. The predicted octanol–water partition coefficient (Wildman–Crippen LogP) is 2.89. The van der Waals surface area contributed by atoms with Gasteiger partial charge in [0, 0.05) is 49.5 Å². The van der Waals surface area contributed by atoms with E-state index < -0.39 is 11.7 Å². The van der Waals surface area contributed by atoms with Gasteiger partial charge in [0.2, 0.25) is 5.88 Å². The van der Waals surface area contributed by atoms with Gasteiger partial charge in [-0.05, 0) is 32.0 Å². The van der Waals surface area contributed by atoms with Crippen LogP contribution < -0.4 is 10.1 Å². The van der Waals surface area contributed by atoms with Crippen LogP contribution in [0.15, 0.2) is 42.9 Å². The quantitative estimate of drug-likeness (QED) is 0.749. The first-order chi connectivity index (χ1) is 13.6. The van der Waals surface area contributed by atoms with Gasteiger partial charge < -0.3 is 15.0 Å². The number of carbonyl (C=O) groups is 1. The lowest BCUT2D eigenvalue weighted by Gasteiger charge is -2.28. The minimum atomic E-state index is -0.542. The SMILES string of the molecule is CN1CCC(Oc2cc(NC(=O)c3cc(F)cc4nccnc34)ccn2)CC1. The fourth-order valence-electron chi connectivity index (χ4n) is 3.24. The maximum absolute atomic E-state index is 13.9. The summed E-state index contributed by atoms with van der Waals surface area (Å²) in [4.78, 5) is 27.4. The van der Waals surface area contributed by atoms with E-state index in [1.807, 2.05) is 0 Å². The van der Waals surface area contributed by atoms with E-state index in [4.69, 9.17) is 4.74 Å². The number of benzene rings is 1. The molecule has 1 fully saturated rings. The van der Waals surface area contributed by atoms with Crippen LogP contribution in [0.2, 0.25) is 0 Å². The normalized spacial score (nSPS) is 15.5. The summed E-state index contributed by atoms with van der Waals surface area (Å²) >= 11 is 0. The minimum Gasteiger partial charge on any atom is -0.474 e. The number of fused-ring (bicyclic) bond motifs is 1. The van der Waals surface area contributed by atoms with Crippen LogP contribution in [-0.4, -0.2) is 52.0 Å². The molecule has 2 aromatic heterocycles. The Hall–Kier alpha value is -3.13. The number of rotatable bonds is 4. The first-order valence-electron chi connectivity index (χ1n) is 9.11. The zero-order valence-electron chi connectivity index (χ0n) is 15.4. The lowest BCUT2D eigenvalue weighted by molar-refractivity contribution is 0.102. The summed E-state index contributed by atoms with van der Waals surface area (Å²) in [6.07, 6.45) is 6.47. The topological polar surface area (TPSA) is 80.2 Å². The van der Waals surface area contributed by atoms with Gasteiger partial charge in [-0.2, -0.15) is 0 Å². The summed E-state index contributed by atoms with van der Waals surface area (Å²) in [6, 6.07) is 5.73. The lowest BCUT2D eigenvalue weighted by Crippen LogP contribution is -2.35. The van der Waals surface area contributed by atoms with E-state index in [0.717, 1.165) is 32.0 Å². The molecule has 0 bridgehead atoms. The third-order valence-corrected chi connectivity index (χ3v) is 4.73. The molecule has 28 heavy (non-hydrogen) atoms. The number of aromatic nitrogens is 3. The third kappa shape index (κ3) is 4.07. The second-order valence-corrected chi connectivity index (χ2v) is 6.83. The zero-order valence-corrected chi connectivity index (χ0v) is 15.4. The van der Waals surface area contributed by atoms with E-state index >= 15 is 0 Å². The summed E-state index contributed by atoms with van der Waals surface area (Å²) in [5.41, 5.74) is 1.31. The Morgan fingerprint density at radius 2 is 1.93 bits per heavy atom. The number of hydrogen-bond acceptors (Lipinski definition) is 6. The number of hydrogen-bond donors (Lipinski definition) is 1. The molecule has 1 aliphatic rings. The van der Waals surface area contributed by atoms with Crippen molar-refractivity contribution in [2.24, 2.45) is 0 Å². The Morgan fingerprint density at radius 3 is 2.75 bits per heavy atom. The first kappa shape index (κ1) is 18.2. The highest BCUT2D eigenvalue weighted by Gasteiger charge is 2.19. The van der Waals surface area contributed by atoms with Crippen molar-refractivity contribution in [1.82, 2.24) is 19.9 Å². The van der Waals surface area contributed by atoms with Gasteiger partial charge in [0.1, 0.15) is 17.4 Å². The van der Waals surface area contributed by atoms with Crippen molar-refractivity contribution in [1.29, 1.82) is 0 Å². The van der Waals surface area contributed by atoms with Crippen molar-refractivity contribution in [2.75, 3.05) is 25.5 Å². The molecular weight excluding hydrogens is 361 g/mol. The molecule has 1 aliphatic heterocycles. The van der Waals surface area contributed by atoms with Crippen LogP contribution in [0.1, 0.15) is 23.2 Å². The largest absolute Gasteiger partial charge is 0.474 e. The van der Waals surface area contributed by atoms with Gasteiger partial charge in [-0.3, -0.25) is 14.8 Å². The number of likely N-dealkylation sites (tertiary alicyclic amines) is 1. The molecule has 144 valence electrons. The molecule has 8 heteroatoms. The Morgan fingerprint density at radius 1 is 1.14 bits per heavy atom. The number of piperidine rings is 1. The van der Waals surface area contributed by atoms with Gasteiger partial charge in [0.05, 0.1) is 11.1 Å². The number of carbonyl (C=O) groups excluding carboxylic acids is 1. The van der Waals surface area contributed by atoms with Crippen molar-refractivity contribution in [3.05, 3.63) is 54.2 Å². The molecule has 3 aromatic rings. The van der Waals surface area contributed by atoms with Crippen LogP contribution in [0, 0.1) is 5.82 Å². The number of halogens is 1. The Balaban J connectivity index is 1.51. The Kier molecular flexibility index (Phi) is 5.12. The van der Waals surface area contributed by atoms with Gasteiger partial charge in [-0.25, -0.2) is 9.37 Å². The number of nitrogens with zero attached hydrogens (tertiary/aromatic N) is 4. The van der Waals surface area contributed by atoms with Gasteiger partial charge in [-0.1, -0.05) is 0 Å². The number of amides is 1. The van der Waals surface area contributed by atoms with Crippen LogP contribution in [0.5, 0.6) is 5.88 Å². The number of ether oxygens (including phenoxy) is 1. The van der Waals surface area contributed by atoms with Crippen molar-refractivity contribution in [3.63, 3.8) is 0 Å². The predicted molar refractivity (Wildman–Crippen MR) is 103 cm³/mol. The van der Waals surface area contributed by atoms with Crippen LogP contribution in [0.3, 0.4) is 0 Å². The molecule has 1 amide bonds. The van der Waals surface area contributed by atoms with E-state index in [-0.39, 0.29) is 11.7 Å². The molecule has 0 atom stereocenters. The average molecular weight is 381 g/mol. The molecule has 0 spiro atoms. The molecule has 1 N–H and O–H groups in total. The summed E-state index contributed by atoms with van der Waals surface area (Å²) in [6.45, 7) is 1.96. The van der Waals surface area contributed by atoms with E-state index in [2.05, 4.69) is 32.2 Å². The lowest BCUT2D eigenvalue weighted by atomic mass is 10.1. The zero-order chi connectivity index (χ0) is 19.5. The standard InChI is InChI=1S/C20H20FN5O2/c1-26-8-3-15(4-9-26)28-18-12-14(2-5-23-18)25-20(27)16-10-13(21)11-17-19(16)24-7-6-22-17/h2,5-7,10-12,15H,3-4,8-9H2,1H3,(H,23,25,27). The van der Waals surface area contributed by atoms with Gasteiger partial charge in [0.15, 0.2) is 0 Å². The number of pyridine rings is 1. The minimum absolute atomic E-state index is 0.108. The van der Waals surface area contributed by atoms with E-state index in [1.54, 1.807) is 18.3 Å². The summed E-state index contributed by atoms with van der Waals surface area (Å²) in [5.74, 6) is -0.558. The molecule has 0 unspecified atom stereocenters. The summed E-state index contributed by atoms with van der Waals surface area (Å²) in [7, 11) is 2.09. The second kappa shape index (κ2) is 7.85. The van der Waals surface area contributed by atoms with Gasteiger partial charge in [0.25, 0.3) is 5.91 Å². The summed E-state index contributed by atoms with van der Waals surface area (Å²) in [5, 5.41) is 2.76.